The molecule has 0 N–H and O–H groups in total. The monoisotopic (exact) mass is 378 g/mol. The molecule has 7 heteroatoms. The topological polar surface area (TPSA) is 32.8 Å². The van der Waals surface area contributed by atoms with E-state index in [1.807, 2.05) is 11.8 Å². The van der Waals surface area contributed by atoms with Crippen LogP contribution in [0.15, 0.2) is 42.5 Å². The molecule has 0 aromatic heterocycles. The molecule has 3 rings (SSSR count). The first-order chi connectivity index (χ1) is 12.8. The number of aryl methyl sites for hydroxylation is 1. The van der Waals surface area contributed by atoms with Crippen molar-refractivity contribution in [2.24, 2.45) is 0 Å². The molecule has 1 saturated heterocycles. The molecule has 27 heavy (non-hydrogen) atoms. The Bertz CT molecular complexity index is 828. The minimum atomic E-state index is -4.36. The van der Waals surface area contributed by atoms with Crippen LogP contribution < -0.4 is 9.64 Å². The predicted octanol–water partition coefficient (Wildman–Crippen LogP) is 3.98. The number of hydrogen-bond donors (Lipinski definition) is 0. The van der Waals surface area contributed by atoms with Crippen molar-refractivity contribution in [1.82, 2.24) is 4.90 Å². The molecule has 1 aliphatic heterocycles. The quantitative estimate of drug-likeness (QED) is 0.810. The van der Waals surface area contributed by atoms with Crippen LogP contribution in [0.4, 0.5) is 18.9 Å². The van der Waals surface area contributed by atoms with E-state index in [1.54, 1.807) is 36.3 Å². The highest BCUT2D eigenvalue weighted by atomic mass is 19.4. The van der Waals surface area contributed by atoms with Gasteiger partial charge < -0.3 is 14.5 Å². The van der Waals surface area contributed by atoms with Crippen LogP contribution in [0, 0.1) is 6.92 Å². The lowest BCUT2D eigenvalue weighted by molar-refractivity contribution is -0.137. The molecule has 1 aliphatic rings. The van der Waals surface area contributed by atoms with E-state index in [0.29, 0.717) is 37.4 Å². The number of carbonyl (C=O) groups is 1. The summed E-state index contributed by atoms with van der Waals surface area (Å²) in [6.45, 7) is 3.77. The first kappa shape index (κ1) is 19.1. The number of benzene rings is 2. The van der Waals surface area contributed by atoms with Crippen LogP contribution in [0.3, 0.4) is 0 Å². The van der Waals surface area contributed by atoms with Crippen molar-refractivity contribution in [3.8, 4) is 5.75 Å². The number of rotatable bonds is 3. The van der Waals surface area contributed by atoms with Gasteiger partial charge in [-0.25, -0.2) is 0 Å². The Morgan fingerprint density at radius 2 is 1.74 bits per heavy atom. The number of methoxy groups -OCH3 is 1. The highest BCUT2D eigenvalue weighted by Gasteiger charge is 2.31. The van der Waals surface area contributed by atoms with Gasteiger partial charge in [-0.15, -0.1) is 0 Å². The van der Waals surface area contributed by atoms with Gasteiger partial charge in [-0.3, -0.25) is 4.79 Å². The van der Waals surface area contributed by atoms with Gasteiger partial charge in [0.25, 0.3) is 5.91 Å². The minimum absolute atomic E-state index is 0.0792. The zero-order valence-corrected chi connectivity index (χ0v) is 15.2. The van der Waals surface area contributed by atoms with Crippen LogP contribution in [0.1, 0.15) is 21.5 Å². The lowest BCUT2D eigenvalue weighted by Gasteiger charge is -2.36. The number of amides is 1. The standard InChI is InChI=1S/C20H21F3N2O2/c1-14-12-15(6-7-18(14)27-2)19(26)25-10-8-24(9-11-25)17-5-3-4-16(13-17)20(21,22)23/h3-7,12-13H,8-11H2,1-2H3. The van der Waals surface area contributed by atoms with E-state index in [2.05, 4.69) is 0 Å². The molecule has 0 aliphatic carbocycles. The van der Waals surface area contributed by atoms with Crippen molar-refractivity contribution < 1.29 is 22.7 Å². The summed E-state index contributed by atoms with van der Waals surface area (Å²) in [5.41, 5.74) is 1.33. The Balaban J connectivity index is 1.67. The highest BCUT2D eigenvalue weighted by Crippen LogP contribution is 2.32. The van der Waals surface area contributed by atoms with E-state index in [4.69, 9.17) is 4.74 Å². The maximum absolute atomic E-state index is 12.9. The van der Waals surface area contributed by atoms with Crippen molar-refractivity contribution in [2.45, 2.75) is 13.1 Å². The first-order valence-electron chi connectivity index (χ1n) is 8.65. The average Bonchev–Trinajstić information content (AvgIpc) is 2.67. The molecule has 1 fully saturated rings. The summed E-state index contributed by atoms with van der Waals surface area (Å²) in [4.78, 5) is 16.3. The second-order valence-corrected chi connectivity index (χ2v) is 6.51. The maximum Gasteiger partial charge on any atom is 0.416 e. The fourth-order valence-electron chi connectivity index (χ4n) is 3.24. The number of ether oxygens (including phenoxy) is 1. The molecule has 0 saturated carbocycles. The zero-order valence-electron chi connectivity index (χ0n) is 15.2. The van der Waals surface area contributed by atoms with Crippen molar-refractivity contribution >= 4 is 11.6 Å². The smallest absolute Gasteiger partial charge is 0.416 e. The third kappa shape index (κ3) is 4.18. The summed E-state index contributed by atoms with van der Waals surface area (Å²) in [5, 5.41) is 0. The minimum Gasteiger partial charge on any atom is -0.496 e. The molecule has 0 spiro atoms. The lowest BCUT2D eigenvalue weighted by Crippen LogP contribution is -2.48. The van der Waals surface area contributed by atoms with E-state index >= 15 is 0 Å². The van der Waals surface area contributed by atoms with Crippen molar-refractivity contribution in [2.75, 3.05) is 38.2 Å². The molecule has 2 aromatic carbocycles. The van der Waals surface area contributed by atoms with E-state index in [-0.39, 0.29) is 5.91 Å². The Kier molecular flexibility index (Phi) is 5.30. The van der Waals surface area contributed by atoms with Gasteiger partial charge in [0, 0.05) is 37.4 Å². The number of piperazine rings is 1. The molecule has 1 amide bonds. The summed E-state index contributed by atoms with van der Waals surface area (Å²) in [6.07, 6.45) is -4.36. The Labute approximate surface area is 156 Å². The predicted molar refractivity (Wildman–Crippen MR) is 97.3 cm³/mol. The van der Waals surface area contributed by atoms with Crippen LogP contribution in [0.5, 0.6) is 5.75 Å². The number of hydrogen-bond acceptors (Lipinski definition) is 3. The van der Waals surface area contributed by atoms with Crippen LogP contribution in [-0.2, 0) is 6.18 Å². The van der Waals surface area contributed by atoms with Gasteiger partial charge in [0.2, 0.25) is 0 Å². The molecule has 144 valence electrons. The zero-order chi connectivity index (χ0) is 19.6. The molecule has 1 heterocycles. The van der Waals surface area contributed by atoms with Crippen LogP contribution in [-0.4, -0.2) is 44.1 Å². The van der Waals surface area contributed by atoms with Gasteiger partial charge in [0.1, 0.15) is 5.75 Å². The summed E-state index contributed by atoms with van der Waals surface area (Å²) >= 11 is 0. The number of halogens is 3. The second kappa shape index (κ2) is 7.50. The highest BCUT2D eigenvalue weighted by molar-refractivity contribution is 5.94. The van der Waals surface area contributed by atoms with Gasteiger partial charge >= 0.3 is 6.18 Å². The average molecular weight is 378 g/mol. The number of nitrogens with zero attached hydrogens (tertiary/aromatic N) is 2. The van der Waals surface area contributed by atoms with Crippen LogP contribution >= 0.6 is 0 Å². The van der Waals surface area contributed by atoms with E-state index < -0.39 is 11.7 Å². The fourth-order valence-corrected chi connectivity index (χ4v) is 3.24. The molecule has 4 nitrogen and oxygen atoms in total. The van der Waals surface area contributed by atoms with E-state index in [0.717, 1.165) is 23.4 Å². The molecule has 0 bridgehead atoms. The largest absolute Gasteiger partial charge is 0.496 e. The summed E-state index contributed by atoms with van der Waals surface area (Å²) < 4.78 is 43.9. The Morgan fingerprint density at radius 1 is 1.04 bits per heavy atom. The number of carbonyl (C=O) groups excluding carboxylic acids is 1. The molecule has 0 atom stereocenters. The third-order valence-corrected chi connectivity index (χ3v) is 4.75. The molecule has 0 radical (unpaired) electrons. The Morgan fingerprint density at radius 3 is 2.33 bits per heavy atom. The van der Waals surface area contributed by atoms with Gasteiger partial charge in [-0.05, 0) is 48.9 Å². The Hall–Kier alpha value is -2.70. The van der Waals surface area contributed by atoms with Gasteiger partial charge in [0.15, 0.2) is 0 Å². The molecular weight excluding hydrogens is 357 g/mol. The number of alkyl halides is 3. The molecule has 0 unspecified atom stereocenters. The van der Waals surface area contributed by atoms with Crippen molar-refractivity contribution in [3.63, 3.8) is 0 Å². The fraction of sp³-hybridized carbons (Fsp3) is 0.350. The first-order valence-corrected chi connectivity index (χ1v) is 8.65. The van der Waals surface area contributed by atoms with Gasteiger partial charge in [-0.1, -0.05) is 6.07 Å². The summed E-state index contributed by atoms with van der Waals surface area (Å²) in [7, 11) is 1.58. The second-order valence-electron chi connectivity index (χ2n) is 6.51. The molecular formula is C20H21F3N2O2. The van der Waals surface area contributed by atoms with Crippen molar-refractivity contribution in [1.29, 1.82) is 0 Å². The maximum atomic E-state index is 12.9. The summed E-state index contributed by atoms with van der Waals surface area (Å²) in [5.74, 6) is 0.644. The van der Waals surface area contributed by atoms with Crippen LogP contribution in [0.25, 0.3) is 0 Å². The third-order valence-electron chi connectivity index (χ3n) is 4.75. The number of anilines is 1. The van der Waals surface area contributed by atoms with E-state index in [9.17, 15) is 18.0 Å². The SMILES string of the molecule is COc1ccc(C(=O)N2CCN(c3cccc(C(F)(F)F)c3)CC2)cc1C. The lowest BCUT2D eigenvalue weighted by atomic mass is 10.1. The van der Waals surface area contributed by atoms with Gasteiger partial charge in [0.05, 0.1) is 12.7 Å². The van der Waals surface area contributed by atoms with Gasteiger partial charge in [-0.2, -0.15) is 13.2 Å². The van der Waals surface area contributed by atoms with E-state index in [1.165, 1.54) is 6.07 Å². The van der Waals surface area contributed by atoms with Crippen molar-refractivity contribution in [3.05, 3.63) is 59.2 Å². The van der Waals surface area contributed by atoms with Crippen LogP contribution in [0.2, 0.25) is 0 Å². The summed E-state index contributed by atoms with van der Waals surface area (Å²) in [6, 6.07) is 10.6. The molecule has 2 aromatic rings. The normalized spacial score (nSPS) is 15.0.